The number of fused-ring (bicyclic) bond motifs is 1. The summed E-state index contributed by atoms with van der Waals surface area (Å²) < 4.78 is 26.7. The van der Waals surface area contributed by atoms with Gasteiger partial charge in [0.1, 0.15) is 0 Å². The zero-order valence-corrected chi connectivity index (χ0v) is 15.6. The summed E-state index contributed by atoms with van der Waals surface area (Å²) in [6, 6.07) is 13.2. The van der Waals surface area contributed by atoms with Gasteiger partial charge in [-0.05, 0) is 31.7 Å². The molecule has 140 valence electrons. The summed E-state index contributed by atoms with van der Waals surface area (Å²) in [6.45, 7) is 1.99. The predicted octanol–water partition coefficient (Wildman–Crippen LogP) is 2.97. The number of aromatic nitrogens is 1. The predicted molar refractivity (Wildman–Crippen MR) is 103 cm³/mol. The van der Waals surface area contributed by atoms with E-state index in [9.17, 15) is 18.5 Å². The lowest BCUT2D eigenvalue weighted by molar-refractivity contribution is -0.383. The molecule has 1 heterocycles. The Hall–Kier alpha value is -3.04. The molecule has 27 heavy (non-hydrogen) atoms. The van der Waals surface area contributed by atoms with Crippen molar-refractivity contribution in [1.82, 2.24) is 9.71 Å². The topological polar surface area (TPSA) is 114 Å². The molecule has 0 radical (unpaired) electrons. The van der Waals surface area contributed by atoms with E-state index in [2.05, 4.69) is 15.0 Å². The van der Waals surface area contributed by atoms with Gasteiger partial charge in [0.05, 0.1) is 9.82 Å². The van der Waals surface area contributed by atoms with Crippen LogP contribution < -0.4 is 10.0 Å². The molecule has 0 aliphatic rings. The second-order valence-corrected chi connectivity index (χ2v) is 7.77. The number of rotatable bonds is 6. The van der Waals surface area contributed by atoms with Crippen molar-refractivity contribution >= 4 is 32.3 Å². The van der Waals surface area contributed by atoms with Gasteiger partial charge in [-0.25, -0.2) is 18.1 Å². The number of sulfonamides is 1. The number of para-hydroxylation sites is 1. The van der Waals surface area contributed by atoms with E-state index < -0.39 is 14.9 Å². The van der Waals surface area contributed by atoms with Crippen LogP contribution in [0.15, 0.2) is 53.4 Å². The fraction of sp³-hybridized carbons (Fsp3) is 0.167. The lowest BCUT2D eigenvalue weighted by atomic mass is 10.1. The molecule has 0 amide bonds. The first-order valence-electron chi connectivity index (χ1n) is 8.13. The summed E-state index contributed by atoms with van der Waals surface area (Å²) in [5.41, 5.74) is 2.08. The van der Waals surface area contributed by atoms with Crippen LogP contribution >= 0.6 is 0 Å². The Labute approximate surface area is 156 Å². The van der Waals surface area contributed by atoms with Crippen molar-refractivity contribution < 1.29 is 13.3 Å². The molecular formula is C18H18N4O4S. The van der Waals surface area contributed by atoms with Gasteiger partial charge < -0.3 is 5.32 Å². The van der Waals surface area contributed by atoms with Gasteiger partial charge in [0.25, 0.3) is 5.69 Å². The number of hydrogen-bond donors (Lipinski definition) is 2. The van der Waals surface area contributed by atoms with Gasteiger partial charge in [-0.3, -0.25) is 10.1 Å². The monoisotopic (exact) mass is 386 g/mol. The maximum absolute atomic E-state index is 12.2. The van der Waals surface area contributed by atoms with Crippen LogP contribution in [0.2, 0.25) is 0 Å². The Morgan fingerprint density at radius 2 is 1.89 bits per heavy atom. The van der Waals surface area contributed by atoms with Gasteiger partial charge in [-0.1, -0.05) is 30.3 Å². The molecule has 0 aliphatic heterocycles. The molecule has 0 atom stereocenters. The second kappa shape index (κ2) is 7.29. The van der Waals surface area contributed by atoms with E-state index in [1.807, 2.05) is 0 Å². The molecule has 3 rings (SSSR count). The van der Waals surface area contributed by atoms with Gasteiger partial charge >= 0.3 is 0 Å². The van der Waals surface area contributed by atoms with E-state index in [1.54, 1.807) is 43.3 Å². The smallest absolute Gasteiger partial charge is 0.295 e. The molecule has 1 aromatic heterocycles. The van der Waals surface area contributed by atoms with Crippen LogP contribution in [-0.4, -0.2) is 25.4 Å². The first-order valence-corrected chi connectivity index (χ1v) is 9.62. The van der Waals surface area contributed by atoms with E-state index in [0.717, 1.165) is 0 Å². The third kappa shape index (κ3) is 3.74. The number of aryl methyl sites for hydroxylation is 1. The maximum atomic E-state index is 12.2. The number of anilines is 1. The van der Waals surface area contributed by atoms with E-state index in [4.69, 9.17) is 0 Å². The third-order valence-electron chi connectivity index (χ3n) is 4.14. The van der Waals surface area contributed by atoms with Crippen molar-refractivity contribution in [3.05, 3.63) is 69.9 Å². The summed E-state index contributed by atoms with van der Waals surface area (Å²) in [6.07, 6.45) is 0. The highest BCUT2D eigenvalue weighted by Gasteiger charge is 2.18. The molecule has 0 saturated carbocycles. The number of nitro groups is 1. The minimum atomic E-state index is -3.59. The SMILES string of the molecule is CNS(=O)(=O)c1ccccc1CNc1cc(C)nc2c([N+](=O)[O-])cccc12. The number of pyridine rings is 1. The fourth-order valence-corrected chi connectivity index (χ4v) is 3.83. The first-order chi connectivity index (χ1) is 12.8. The van der Waals surface area contributed by atoms with Crippen molar-refractivity contribution in [1.29, 1.82) is 0 Å². The van der Waals surface area contributed by atoms with Crippen LogP contribution in [0.25, 0.3) is 10.9 Å². The average molecular weight is 386 g/mol. The number of benzene rings is 2. The normalized spacial score (nSPS) is 11.5. The third-order valence-corrected chi connectivity index (χ3v) is 5.66. The van der Waals surface area contributed by atoms with Crippen molar-refractivity contribution in [3.63, 3.8) is 0 Å². The Balaban J connectivity index is 2.03. The Kier molecular flexibility index (Phi) is 5.06. The van der Waals surface area contributed by atoms with E-state index in [1.165, 1.54) is 19.2 Å². The standard InChI is InChI=1S/C18H18N4O4S/c1-12-10-15(14-7-5-8-16(22(23)24)18(14)21-12)20-11-13-6-3-4-9-17(13)27(25,26)19-2/h3-10,19H,11H2,1-2H3,(H,20,21). The van der Waals surface area contributed by atoms with Gasteiger partial charge in [-0.2, -0.15) is 0 Å². The Morgan fingerprint density at radius 1 is 1.15 bits per heavy atom. The average Bonchev–Trinajstić information content (AvgIpc) is 2.65. The molecule has 9 heteroatoms. The van der Waals surface area contributed by atoms with Crippen LogP contribution in [0.1, 0.15) is 11.3 Å². The molecule has 0 unspecified atom stereocenters. The number of non-ortho nitro benzene ring substituents is 1. The van der Waals surface area contributed by atoms with Crippen molar-refractivity contribution in [2.45, 2.75) is 18.4 Å². The molecule has 8 nitrogen and oxygen atoms in total. The Bertz CT molecular complexity index is 1130. The molecular weight excluding hydrogens is 368 g/mol. The minimum Gasteiger partial charge on any atom is -0.380 e. The molecule has 2 N–H and O–H groups in total. The molecule has 0 bridgehead atoms. The van der Waals surface area contributed by atoms with Crippen LogP contribution in [0, 0.1) is 17.0 Å². The van der Waals surface area contributed by atoms with Crippen molar-refractivity contribution in [2.75, 3.05) is 12.4 Å². The van der Waals surface area contributed by atoms with Crippen molar-refractivity contribution in [2.24, 2.45) is 0 Å². The first kappa shape index (κ1) is 18.7. The summed E-state index contributed by atoms with van der Waals surface area (Å²) in [4.78, 5) is 15.3. The lowest BCUT2D eigenvalue weighted by Gasteiger charge is -2.13. The summed E-state index contributed by atoms with van der Waals surface area (Å²) >= 11 is 0. The Morgan fingerprint density at radius 3 is 2.59 bits per heavy atom. The summed E-state index contributed by atoms with van der Waals surface area (Å²) in [5.74, 6) is 0. The number of nitrogens with zero attached hydrogens (tertiary/aromatic N) is 2. The molecule has 2 aromatic carbocycles. The zero-order valence-electron chi connectivity index (χ0n) is 14.8. The number of hydrogen-bond acceptors (Lipinski definition) is 6. The van der Waals surface area contributed by atoms with Crippen LogP contribution in [0.5, 0.6) is 0 Å². The minimum absolute atomic E-state index is 0.0718. The van der Waals surface area contributed by atoms with E-state index >= 15 is 0 Å². The molecule has 3 aromatic rings. The van der Waals surface area contributed by atoms with Crippen LogP contribution in [0.4, 0.5) is 11.4 Å². The second-order valence-electron chi connectivity index (χ2n) is 5.91. The maximum Gasteiger partial charge on any atom is 0.295 e. The lowest BCUT2D eigenvalue weighted by Crippen LogP contribution is -2.20. The molecule has 0 fully saturated rings. The number of nitrogens with one attached hydrogen (secondary N) is 2. The number of nitro benzene ring substituents is 1. The van der Waals surface area contributed by atoms with Crippen LogP contribution in [0.3, 0.4) is 0 Å². The summed E-state index contributed by atoms with van der Waals surface area (Å²) in [5, 5.41) is 15.1. The fourth-order valence-electron chi connectivity index (χ4n) is 2.87. The highest BCUT2D eigenvalue weighted by molar-refractivity contribution is 7.89. The van der Waals surface area contributed by atoms with E-state index in [0.29, 0.717) is 27.8 Å². The van der Waals surface area contributed by atoms with Gasteiger partial charge in [0.15, 0.2) is 5.52 Å². The molecule has 0 spiro atoms. The van der Waals surface area contributed by atoms with Gasteiger partial charge in [0.2, 0.25) is 10.0 Å². The highest BCUT2D eigenvalue weighted by Crippen LogP contribution is 2.30. The quantitative estimate of drug-likeness (QED) is 0.497. The molecule has 0 saturated heterocycles. The van der Waals surface area contributed by atoms with Crippen LogP contribution in [-0.2, 0) is 16.6 Å². The highest BCUT2D eigenvalue weighted by atomic mass is 32.2. The van der Waals surface area contributed by atoms with Gasteiger partial charge in [-0.15, -0.1) is 0 Å². The van der Waals surface area contributed by atoms with Crippen molar-refractivity contribution in [3.8, 4) is 0 Å². The largest absolute Gasteiger partial charge is 0.380 e. The van der Waals surface area contributed by atoms with E-state index in [-0.39, 0.29) is 17.1 Å². The van der Waals surface area contributed by atoms with Gasteiger partial charge in [0, 0.05) is 29.4 Å². The summed E-state index contributed by atoms with van der Waals surface area (Å²) in [7, 11) is -2.23. The zero-order chi connectivity index (χ0) is 19.6. The molecule has 0 aliphatic carbocycles.